The van der Waals surface area contributed by atoms with E-state index in [-0.39, 0.29) is 17.4 Å². The van der Waals surface area contributed by atoms with E-state index in [2.05, 4.69) is 15.9 Å². The van der Waals surface area contributed by atoms with Gasteiger partial charge >= 0.3 is 6.09 Å². The van der Waals surface area contributed by atoms with Crippen LogP contribution in [0.25, 0.3) is 0 Å². The smallest absolute Gasteiger partial charge is 0.410 e. The highest BCUT2D eigenvalue weighted by atomic mass is 79.9. The molecule has 6 heteroatoms. The molecule has 1 aliphatic carbocycles. The molecule has 0 aliphatic heterocycles. The number of hydrogen-bond acceptors (Lipinski definition) is 2. The van der Waals surface area contributed by atoms with Gasteiger partial charge in [-0.25, -0.2) is 13.6 Å². The molecule has 1 aromatic carbocycles. The number of alkyl halides is 1. The van der Waals surface area contributed by atoms with Crippen LogP contribution in [0, 0.1) is 11.6 Å². The molecule has 1 aliphatic rings. The summed E-state index contributed by atoms with van der Waals surface area (Å²) < 4.78 is 32.2. The number of carbonyl (C=O) groups is 1. The van der Waals surface area contributed by atoms with Crippen LogP contribution in [0.3, 0.4) is 0 Å². The summed E-state index contributed by atoms with van der Waals surface area (Å²) in [6, 6.07) is 3.70. The van der Waals surface area contributed by atoms with E-state index in [4.69, 9.17) is 4.74 Å². The lowest BCUT2D eigenvalue weighted by Gasteiger charge is -2.38. The average molecular weight is 404 g/mol. The molecule has 1 fully saturated rings. The number of carbonyl (C=O) groups excluding carboxylic acids is 1. The van der Waals surface area contributed by atoms with E-state index in [0.717, 1.165) is 37.8 Å². The van der Waals surface area contributed by atoms with Crippen molar-refractivity contribution in [1.82, 2.24) is 4.90 Å². The van der Waals surface area contributed by atoms with Gasteiger partial charge in [-0.3, -0.25) is 4.90 Å². The monoisotopic (exact) mass is 403 g/mol. The van der Waals surface area contributed by atoms with Crippen LogP contribution < -0.4 is 0 Å². The topological polar surface area (TPSA) is 29.5 Å². The second-order valence-electron chi connectivity index (χ2n) is 7.22. The molecule has 2 unspecified atom stereocenters. The maximum absolute atomic E-state index is 13.5. The number of benzene rings is 1. The van der Waals surface area contributed by atoms with Gasteiger partial charge in [0.25, 0.3) is 0 Å². The van der Waals surface area contributed by atoms with Crippen LogP contribution in [0.1, 0.15) is 52.0 Å². The lowest BCUT2D eigenvalue weighted by Crippen LogP contribution is -2.48. The van der Waals surface area contributed by atoms with E-state index in [1.165, 1.54) is 6.07 Å². The van der Waals surface area contributed by atoms with Gasteiger partial charge in [0.2, 0.25) is 0 Å². The molecule has 0 heterocycles. The van der Waals surface area contributed by atoms with E-state index in [0.29, 0.717) is 5.56 Å². The van der Waals surface area contributed by atoms with E-state index >= 15 is 0 Å². The quantitative estimate of drug-likeness (QED) is 0.631. The summed E-state index contributed by atoms with van der Waals surface area (Å²) in [5, 5.41) is 0. The minimum absolute atomic E-state index is 0.0262. The average Bonchev–Trinajstić information content (AvgIpc) is 2.47. The summed E-state index contributed by atoms with van der Waals surface area (Å²) in [6.07, 6.45) is 3.55. The Morgan fingerprint density at radius 1 is 1.25 bits per heavy atom. The zero-order chi connectivity index (χ0) is 17.9. The predicted octanol–water partition coefficient (Wildman–Crippen LogP) is 5.41. The molecule has 134 valence electrons. The van der Waals surface area contributed by atoms with Crippen LogP contribution in [0.4, 0.5) is 13.6 Å². The lowest BCUT2D eigenvalue weighted by atomic mass is 9.94. The van der Waals surface area contributed by atoms with Gasteiger partial charge < -0.3 is 4.74 Å². The Hall–Kier alpha value is -1.17. The van der Waals surface area contributed by atoms with Crippen molar-refractivity contribution in [3.63, 3.8) is 0 Å². The zero-order valence-electron chi connectivity index (χ0n) is 14.3. The molecule has 24 heavy (non-hydrogen) atoms. The van der Waals surface area contributed by atoms with E-state index in [9.17, 15) is 13.6 Å². The minimum Gasteiger partial charge on any atom is -0.444 e. The highest BCUT2D eigenvalue weighted by molar-refractivity contribution is 9.09. The van der Waals surface area contributed by atoms with Crippen molar-refractivity contribution in [1.29, 1.82) is 0 Å². The zero-order valence-corrected chi connectivity index (χ0v) is 15.9. The first-order valence-electron chi connectivity index (χ1n) is 8.25. The largest absolute Gasteiger partial charge is 0.444 e. The van der Waals surface area contributed by atoms with Crippen molar-refractivity contribution >= 4 is 22.0 Å². The normalized spacial score (nSPS) is 21.4. The summed E-state index contributed by atoms with van der Waals surface area (Å²) in [7, 11) is 0. The van der Waals surface area contributed by atoms with Crippen LogP contribution in [-0.2, 0) is 11.3 Å². The van der Waals surface area contributed by atoms with Crippen LogP contribution in [-0.4, -0.2) is 27.5 Å². The molecule has 0 spiro atoms. The van der Waals surface area contributed by atoms with Crippen molar-refractivity contribution in [3.05, 3.63) is 35.4 Å². The van der Waals surface area contributed by atoms with Gasteiger partial charge in [-0.2, -0.15) is 0 Å². The van der Waals surface area contributed by atoms with Gasteiger partial charge in [0, 0.05) is 17.4 Å². The standard InChI is InChI=1S/C18H24BrF2NO2/c1-18(2,3)24-17(23)22(16-7-5-4-6-13(16)19)11-12-8-9-14(20)15(21)10-12/h8-10,13,16H,4-7,11H2,1-3H3. The molecule has 2 rings (SSSR count). The van der Waals surface area contributed by atoms with Gasteiger partial charge in [-0.15, -0.1) is 0 Å². The molecule has 1 saturated carbocycles. The fourth-order valence-corrected chi connectivity index (χ4v) is 3.76. The molecule has 0 radical (unpaired) electrons. The Morgan fingerprint density at radius 3 is 2.50 bits per heavy atom. The first kappa shape index (κ1) is 19.2. The summed E-state index contributed by atoms with van der Waals surface area (Å²) in [5.41, 5.74) is -0.0649. The van der Waals surface area contributed by atoms with Crippen molar-refractivity contribution in [3.8, 4) is 0 Å². The van der Waals surface area contributed by atoms with Gasteiger partial charge in [0.15, 0.2) is 11.6 Å². The Balaban J connectivity index is 2.24. The molecule has 1 amide bonds. The molecule has 0 saturated heterocycles. The molecular formula is C18H24BrF2NO2. The van der Waals surface area contributed by atoms with Crippen LogP contribution >= 0.6 is 15.9 Å². The Labute approximate surface area is 150 Å². The van der Waals surface area contributed by atoms with Crippen molar-refractivity contribution in [2.24, 2.45) is 0 Å². The Kier molecular flexibility index (Phi) is 6.23. The third-order valence-electron chi connectivity index (χ3n) is 4.01. The molecule has 1 aromatic rings. The number of hydrogen-bond donors (Lipinski definition) is 0. The maximum Gasteiger partial charge on any atom is 0.410 e. The molecule has 3 nitrogen and oxygen atoms in total. The van der Waals surface area contributed by atoms with Gasteiger partial charge in [0.1, 0.15) is 5.60 Å². The Bertz CT molecular complexity index is 589. The SMILES string of the molecule is CC(C)(C)OC(=O)N(Cc1ccc(F)c(F)c1)C1CCCCC1Br. The van der Waals surface area contributed by atoms with E-state index in [1.54, 1.807) is 4.90 Å². The van der Waals surface area contributed by atoms with Gasteiger partial charge in [-0.1, -0.05) is 34.8 Å². The summed E-state index contributed by atoms with van der Waals surface area (Å²) in [5.74, 6) is -1.80. The third-order valence-corrected chi connectivity index (χ3v) is 5.08. The summed E-state index contributed by atoms with van der Waals surface area (Å²) in [6.45, 7) is 5.63. The number of nitrogens with zero attached hydrogens (tertiary/aromatic N) is 1. The molecule has 0 aromatic heterocycles. The van der Waals surface area contributed by atoms with Gasteiger partial charge in [0.05, 0.1) is 0 Å². The van der Waals surface area contributed by atoms with Crippen LogP contribution in [0.15, 0.2) is 18.2 Å². The van der Waals surface area contributed by atoms with Gasteiger partial charge in [-0.05, 0) is 51.3 Å². The number of rotatable bonds is 3. The number of amides is 1. The second kappa shape index (κ2) is 7.81. The van der Waals surface area contributed by atoms with Crippen LogP contribution in [0.2, 0.25) is 0 Å². The van der Waals surface area contributed by atoms with E-state index in [1.807, 2.05) is 20.8 Å². The lowest BCUT2D eigenvalue weighted by molar-refractivity contribution is 0.0109. The van der Waals surface area contributed by atoms with Crippen LogP contribution in [0.5, 0.6) is 0 Å². The maximum atomic E-state index is 13.5. The molecular weight excluding hydrogens is 380 g/mol. The second-order valence-corrected chi connectivity index (χ2v) is 8.40. The summed E-state index contributed by atoms with van der Waals surface area (Å²) >= 11 is 3.66. The van der Waals surface area contributed by atoms with Crippen molar-refractivity contribution < 1.29 is 18.3 Å². The molecule has 2 atom stereocenters. The molecule has 0 N–H and O–H groups in total. The summed E-state index contributed by atoms with van der Waals surface area (Å²) in [4.78, 5) is 14.5. The number of halogens is 3. The fourth-order valence-electron chi connectivity index (χ4n) is 2.89. The predicted molar refractivity (Wildman–Crippen MR) is 93.1 cm³/mol. The first-order chi connectivity index (χ1) is 11.2. The van der Waals surface area contributed by atoms with E-state index < -0.39 is 23.3 Å². The first-order valence-corrected chi connectivity index (χ1v) is 9.16. The Morgan fingerprint density at radius 2 is 1.92 bits per heavy atom. The van der Waals surface area contributed by atoms with Crippen molar-refractivity contribution in [2.75, 3.05) is 0 Å². The van der Waals surface area contributed by atoms with Crippen molar-refractivity contribution in [2.45, 2.75) is 69.5 Å². The highest BCUT2D eigenvalue weighted by Crippen LogP contribution is 2.31. The highest BCUT2D eigenvalue weighted by Gasteiger charge is 2.34. The fraction of sp³-hybridized carbons (Fsp3) is 0.611. The third kappa shape index (κ3) is 5.16. The molecule has 0 bridgehead atoms. The minimum atomic E-state index is -0.907. The number of ether oxygens (including phenoxy) is 1.